The summed E-state index contributed by atoms with van der Waals surface area (Å²) in [6.07, 6.45) is 4.18. The van der Waals surface area contributed by atoms with Crippen molar-refractivity contribution in [1.29, 1.82) is 0 Å². The maximum Gasteiger partial charge on any atom is 0.236 e. The van der Waals surface area contributed by atoms with E-state index in [0.29, 0.717) is 12.6 Å². The highest BCUT2D eigenvalue weighted by Gasteiger charge is 2.29. The number of nitrogens with zero attached hydrogens (tertiary/aromatic N) is 3. The minimum atomic E-state index is 0.257. The summed E-state index contributed by atoms with van der Waals surface area (Å²) < 4.78 is 0. The molecule has 0 aliphatic carbocycles. The van der Waals surface area contributed by atoms with E-state index in [-0.39, 0.29) is 5.91 Å². The van der Waals surface area contributed by atoms with Gasteiger partial charge in [0.05, 0.1) is 13.1 Å². The minimum absolute atomic E-state index is 0.257. The lowest BCUT2D eigenvalue weighted by atomic mass is 10.0. The molecule has 1 atom stereocenters. The van der Waals surface area contributed by atoms with Gasteiger partial charge in [-0.3, -0.25) is 9.69 Å². The summed E-state index contributed by atoms with van der Waals surface area (Å²) in [5, 5.41) is 6.34. The lowest BCUT2D eigenvalue weighted by molar-refractivity contribution is -0.135. The van der Waals surface area contributed by atoms with Crippen molar-refractivity contribution >= 4 is 17.2 Å². The first-order valence-electron chi connectivity index (χ1n) is 6.94. The van der Waals surface area contributed by atoms with E-state index in [0.717, 1.165) is 39.1 Å². The molecule has 5 nitrogen and oxygen atoms in total. The fourth-order valence-electron chi connectivity index (χ4n) is 2.96. The van der Waals surface area contributed by atoms with Gasteiger partial charge in [0.15, 0.2) is 0 Å². The van der Waals surface area contributed by atoms with Gasteiger partial charge in [0.25, 0.3) is 0 Å². The van der Waals surface area contributed by atoms with Crippen LogP contribution < -0.4 is 5.32 Å². The molecule has 1 aromatic rings. The highest BCUT2D eigenvalue weighted by atomic mass is 32.1. The Morgan fingerprint density at radius 3 is 3.21 bits per heavy atom. The normalized spacial score (nSPS) is 25.8. The van der Waals surface area contributed by atoms with Crippen LogP contribution in [0, 0.1) is 0 Å². The van der Waals surface area contributed by atoms with E-state index in [9.17, 15) is 4.79 Å². The Hall–Kier alpha value is -0.980. The van der Waals surface area contributed by atoms with Crippen molar-refractivity contribution in [3.63, 3.8) is 0 Å². The van der Waals surface area contributed by atoms with Gasteiger partial charge in [-0.1, -0.05) is 0 Å². The molecule has 19 heavy (non-hydrogen) atoms. The number of nitrogens with one attached hydrogen (secondary N) is 1. The molecular formula is C13H20N4OS. The number of piperazine rings is 1. The van der Waals surface area contributed by atoms with Crippen LogP contribution in [0.15, 0.2) is 11.6 Å². The van der Waals surface area contributed by atoms with Crippen molar-refractivity contribution in [2.24, 2.45) is 0 Å². The lowest BCUT2D eigenvalue weighted by Gasteiger charge is -2.40. The largest absolute Gasteiger partial charge is 0.336 e. The zero-order chi connectivity index (χ0) is 13.1. The average molecular weight is 280 g/mol. The van der Waals surface area contributed by atoms with Crippen LogP contribution in [0.5, 0.6) is 0 Å². The molecule has 3 rings (SSSR count). The maximum atomic E-state index is 12.0. The van der Waals surface area contributed by atoms with E-state index in [1.165, 1.54) is 11.4 Å². The summed E-state index contributed by atoms with van der Waals surface area (Å²) in [5.74, 6) is 0.257. The van der Waals surface area contributed by atoms with Crippen LogP contribution in [0.25, 0.3) is 0 Å². The molecule has 1 N–H and O–H groups in total. The zero-order valence-corrected chi connectivity index (χ0v) is 11.9. The number of hydrogen-bond donors (Lipinski definition) is 1. The number of likely N-dealkylation sites (tertiary alicyclic amines) is 1. The molecule has 2 saturated heterocycles. The predicted molar refractivity (Wildman–Crippen MR) is 75.0 cm³/mol. The van der Waals surface area contributed by atoms with Crippen LogP contribution in [0.2, 0.25) is 0 Å². The first-order valence-corrected chi connectivity index (χ1v) is 7.82. The standard InChI is InChI=1S/C13H20N4OS/c18-13-8-14-3-6-17(13)11-2-1-5-16(9-11)10-12-15-4-7-19-12/h4,7,11,14H,1-3,5-6,8-10H2. The third kappa shape index (κ3) is 3.13. The van der Waals surface area contributed by atoms with Gasteiger partial charge in [0, 0.05) is 37.3 Å². The van der Waals surface area contributed by atoms with E-state index < -0.39 is 0 Å². The van der Waals surface area contributed by atoms with E-state index in [4.69, 9.17) is 0 Å². The van der Waals surface area contributed by atoms with Crippen LogP contribution in [0.1, 0.15) is 17.8 Å². The number of carbonyl (C=O) groups is 1. The topological polar surface area (TPSA) is 48.5 Å². The summed E-state index contributed by atoms with van der Waals surface area (Å²) in [6, 6.07) is 0.392. The smallest absolute Gasteiger partial charge is 0.236 e. The van der Waals surface area contributed by atoms with Crippen LogP contribution >= 0.6 is 11.3 Å². The summed E-state index contributed by atoms with van der Waals surface area (Å²) in [5.41, 5.74) is 0. The second-order valence-electron chi connectivity index (χ2n) is 5.22. The molecule has 2 aliphatic rings. The quantitative estimate of drug-likeness (QED) is 0.878. The zero-order valence-electron chi connectivity index (χ0n) is 11.0. The molecule has 1 amide bonds. The van der Waals surface area contributed by atoms with Gasteiger partial charge < -0.3 is 10.2 Å². The Balaban J connectivity index is 1.59. The number of rotatable bonds is 3. The Morgan fingerprint density at radius 2 is 2.42 bits per heavy atom. The van der Waals surface area contributed by atoms with Crippen LogP contribution in [-0.4, -0.2) is 59.5 Å². The first-order chi connectivity index (χ1) is 9.33. The maximum absolute atomic E-state index is 12.0. The molecule has 0 spiro atoms. The molecule has 3 heterocycles. The first kappa shape index (κ1) is 13.0. The van der Waals surface area contributed by atoms with Crippen molar-refractivity contribution in [2.45, 2.75) is 25.4 Å². The van der Waals surface area contributed by atoms with Crippen LogP contribution in [-0.2, 0) is 11.3 Å². The van der Waals surface area contributed by atoms with E-state index >= 15 is 0 Å². The number of aromatic nitrogens is 1. The van der Waals surface area contributed by atoms with Crippen molar-refractivity contribution in [2.75, 3.05) is 32.7 Å². The number of piperidine rings is 1. The number of hydrogen-bond acceptors (Lipinski definition) is 5. The van der Waals surface area contributed by atoms with E-state index in [2.05, 4.69) is 20.1 Å². The van der Waals surface area contributed by atoms with Crippen molar-refractivity contribution in [3.05, 3.63) is 16.6 Å². The lowest BCUT2D eigenvalue weighted by Crippen LogP contribution is -2.56. The Bertz CT molecular complexity index is 422. The molecule has 0 radical (unpaired) electrons. The van der Waals surface area contributed by atoms with E-state index in [1.807, 2.05) is 11.6 Å². The number of thiazole rings is 1. The fraction of sp³-hybridized carbons (Fsp3) is 0.692. The number of amides is 1. The molecule has 2 aliphatic heterocycles. The molecule has 2 fully saturated rings. The van der Waals surface area contributed by atoms with Gasteiger partial charge in [0.1, 0.15) is 5.01 Å². The number of carbonyl (C=O) groups excluding carboxylic acids is 1. The fourth-order valence-corrected chi connectivity index (χ4v) is 3.62. The second kappa shape index (κ2) is 5.98. The molecule has 0 bridgehead atoms. The van der Waals surface area contributed by atoms with Crippen molar-refractivity contribution in [3.8, 4) is 0 Å². The summed E-state index contributed by atoms with van der Waals surface area (Å²) in [4.78, 5) is 20.8. The van der Waals surface area contributed by atoms with Crippen molar-refractivity contribution < 1.29 is 4.79 Å². The Kier molecular flexibility index (Phi) is 4.10. The van der Waals surface area contributed by atoms with Gasteiger partial charge in [-0.25, -0.2) is 4.98 Å². The summed E-state index contributed by atoms with van der Waals surface area (Å²) in [6.45, 7) is 5.32. The Labute approximate surface area is 117 Å². The van der Waals surface area contributed by atoms with Crippen LogP contribution in [0.4, 0.5) is 0 Å². The van der Waals surface area contributed by atoms with Gasteiger partial charge in [-0.05, 0) is 19.4 Å². The van der Waals surface area contributed by atoms with Crippen molar-refractivity contribution in [1.82, 2.24) is 20.1 Å². The SMILES string of the molecule is O=C1CNCCN1C1CCCN(Cc2nccs2)C1. The molecule has 104 valence electrons. The molecule has 0 saturated carbocycles. The minimum Gasteiger partial charge on any atom is -0.336 e. The molecule has 0 aromatic carbocycles. The third-order valence-electron chi connectivity index (χ3n) is 3.89. The highest BCUT2D eigenvalue weighted by molar-refractivity contribution is 7.09. The average Bonchev–Trinajstić information content (AvgIpc) is 2.92. The molecule has 6 heteroatoms. The Morgan fingerprint density at radius 1 is 1.47 bits per heavy atom. The molecule has 1 aromatic heterocycles. The monoisotopic (exact) mass is 280 g/mol. The summed E-state index contributed by atoms with van der Waals surface area (Å²) in [7, 11) is 0. The molecular weight excluding hydrogens is 260 g/mol. The van der Waals surface area contributed by atoms with Gasteiger partial charge in [0.2, 0.25) is 5.91 Å². The molecule has 1 unspecified atom stereocenters. The second-order valence-corrected chi connectivity index (χ2v) is 6.20. The van der Waals surface area contributed by atoms with Gasteiger partial charge in [-0.15, -0.1) is 11.3 Å². The van der Waals surface area contributed by atoms with Gasteiger partial charge >= 0.3 is 0 Å². The van der Waals surface area contributed by atoms with E-state index in [1.54, 1.807) is 11.3 Å². The highest BCUT2D eigenvalue weighted by Crippen LogP contribution is 2.19. The summed E-state index contributed by atoms with van der Waals surface area (Å²) >= 11 is 1.71. The predicted octanol–water partition coefficient (Wildman–Crippen LogP) is 0.539. The van der Waals surface area contributed by atoms with Crippen LogP contribution in [0.3, 0.4) is 0 Å². The third-order valence-corrected chi connectivity index (χ3v) is 4.65. The van der Waals surface area contributed by atoms with Gasteiger partial charge in [-0.2, -0.15) is 0 Å².